The molecule has 0 aliphatic carbocycles. The summed E-state index contributed by atoms with van der Waals surface area (Å²) in [7, 11) is 5.74. The van der Waals surface area contributed by atoms with Crippen LogP contribution in [0, 0.1) is 53.3 Å². The van der Waals surface area contributed by atoms with Crippen LogP contribution in [0.15, 0.2) is 12.2 Å². The average molecular weight is 1010 g/mol. The van der Waals surface area contributed by atoms with Crippen molar-refractivity contribution in [3.8, 4) is 0 Å². The lowest BCUT2D eigenvalue weighted by Crippen LogP contribution is -2.54. The van der Waals surface area contributed by atoms with E-state index in [4.69, 9.17) is 10.5 Å². The van der Waals surface area contributed by atoms with Gasteiger partial charge in [0.2, 0.25) is 29.5 Å². The lowest BCUT2D eigenvalue weighted by atomic mass is 9.82. The van der Waals surface area contributed by atoms with E-state index in [1.54, 1.807) is 41.7 Å². The number of carbonyl (C=O) groups is 9. The number of ether oxygens (including phenoxy) is 1. The fraction of sp³-hybridized carbons (Fsp3) is 0.796. The number of amides is 5. The predicted molar refractivity (Wildman–Crippen MR) is 277 cm³/mol. The number of likely N-dealkylation sites (N-methyl/N-ethyl adjacent to an activating group) is 3. The average Bonchev–Trinajstić information content (AvgIpc) is 3.29. The first kappa shape index (κ1) is 66.5. The second kappa shape index (κ2) is 31.8. The van der Waals surface area contributed by atoms with E-state index in [1.807, 2.05) is 74.5 Å². The molecule has 11 atom stereocenters. The summed E-state index contributed by atoms with van der Waals surface area (Å²) in [6.45, 7) is 27.1. The lowest BCUT2D eigenvalue weighted by Gasteiger charge is -2.36. The van der Waals surface area contributed by atoms with Crippen LogP contribution in [0.4, 0.5) is 0 Å². The zero-order valence-electron chi connectivity index (χ0n) is 47.0. The van der Waals surface area contributed by atoms with Gasteiger partial charge in [0, 0.05) is 52.2 Å². The zero-order valence-corrected chi connectivity index (χ0v) is 47.0. The molecule has 0 spiro atoms. The monoisotopic (exact) mass is 1000 g/mol. The number of aliphatic hydroxyl groups is 1. The van der Waals surface area contributed by atoms with E-state index in [1.165, 1.54) is 42.8 Å². The number of esters is 1. The molecule has 0 saturated heterocycles. The van der Waals surface area contributed by atoms with Gasteiger partial charge in [0.05, 0.1) is 43.3 Å². The molecule has 0 bridgehead atoms. The summed E-state index contributed by atoms with van der Waals surface area (Å²) in [6.07, 6.45) is 3.08. The molecule has 17 nitrogen and oxygen atoms in total. The number of aliphatic hydroxyl groups excluding tert-OH is 1. The van der Waals surface area contributed by atoms with Gasteiger partial charge >= 0.3 is 5.97 Å². The highest BCUT2D eigenvalue weighted by Crippen LogP contribution is 2.28. The number of nitrogens with two attached hydrogens (primary N) is 1. The first-order chi connectivity index (χ1) is 32.8. The Bertz CT molecular complexity index is 1800. The molecule has 0 radical (unpaired) electrons. The molecule has 17 heteroatoms. The Balaban J connectivity index is 6.60. The fourth-order valence-corrected chi connectivity index (χ4v) is 9.01. The molecule has 408 valence electrons. The number of rotatable bonds is 33. The van der Waals surface area contributed by atoms with Crippen molar-refractivity contribution in [2.24, 2.45) is 59.0 Å². The number of methoxy groups -OCH3 is 1. The van der Waals surface area contributed by atoms with Crippen LogP contribution < -0.4 is 16.4 Å². The van der Waals surface area contributed by atoms with E-state index in [0.29, 0.717) is 12.8 Å². The highest BCUT2D eigenvalue weighted by atomic mass is 16.5. The van der Waals surface area contributed by atoms with Gasteiger partial charge < -0.3 is 40.9 Å². The van der Waals surface area contributed by atoms with Crippen molar-refractivity contribution in [2.75, 3.05) is 28.3 Å². The van der Waals surface area contributed by atoms with E-state index < -0.39 is 114 Å². The highest BCUT2D eigenvalue weighted by molar-refractivity contribution is 5.98. The van der Waals surface area contributed by atoms with Crippen LogP contribution in [-0.4, -0.2) is 143 Å². The maximum atomic E-state index is 14.6. The van der Waals surface area contributed by atoms with Crippen LogP contribution in [0.2, 0.25) is 0 Å². The van der Waals surface area contributed by atoms with Gasteiger partial charge in [-0.25, -0.2) is 4.79 Å². The second-order valence-electron chi connectivity index (χ2n) is 21.9. The molecule has 71 heavy (non-hydrogen) atoms. The van der Waals surface area contributed by atoms with Crippen molar-refractivity contribution in [1.29, 1.82) is 0 Å². The largest absolute Gasteiger partial charge is 0.467 e. The molecule has 5 N–H and O–H groups in total. The lowest BCUT2D eigenvalue weighted by molar-refractivity contribution is -0.148. The predicted octanol–water partition coefficient (Wildman–Crippen LogP) is 5.53. The van der Waals surface area contributed by atoms with Crippen molar-refractivity contribution in [2.45, 2.75) is 198 Å². The van der Waals surface area contributed by atoms with Gasteiger partial charge in [0.1, 0.15) is 12.1 Å². The number of hydrogen-bond donors (Lipinski definition) is 4. The summed E-state index contributed by atoms with van der Waals surface area (Å²) in [4.78, 5) is 128. The first-order valence-electron chi connectivity index (χ1n) is 25.9. The summed E-state index contributed by atoms with van der Waals surface area (Å²) in [5.41, 5.74) is 6.14. The Labute approximate surface area is 426 Å². The third-order valence-corrected chi connectivity index (χ3v) is 13.4. The summed E-state index contributed by atoms with van der Waals surface area (Å²) in [5.74, 6) is -8.50. The van der Waals surface area contributed by atoms with Crippen molar-refractivity contribution < 1.29 is 53.0 Å². The van der Waals surface area contributed by atoms with Gasteiger partial charge in [-0.05, 0) is 81.5 Å². The molecule has 0 heterocycles. The first-order valence-corrected chi connectivity index (χ1v) is 25.9. The van der Waals surface area contributed by atoms with Crippen LogP contribution in [0.3, 0.4) is 0 Å². The number of Topliss-reactive ketones (excluding diaryl/α,β-unsaturated/α-hetero) is 3. The Morgan fingerprint density at radius 3 is 1.55 bits per heavy atom. The Morgan fingerprint density at radius 2 is 1.11 bits per heavy atom. The van der Waals surface area contributed by atoms with E-state index >= 15 is 0 Å². The van der Waals surface area contributed by atoms with Crippen LogP contribution in [-0.2, 0) is 47.9 Å². The van der Waals surface area contributed by atoms with Crippen LogP contribution >= 0.6 is 0 Å². The van der Waals surface area contributed by atoms with E-state index in [-0.39, 0.29) is 73.2 Å². The molecule has 0 aromatic carbocycles. The van der Waals surface area contributed by atoms with Crippen LogP contribution in [0.5, 0.6) is 0 Å². The maximum Gasteiger partial charge on any atom is 0.328 e. The molecular weight excluding hydrogens is 909 g/mol. The van der Waals surface area contributed by atoms with Gasteiger partial charge in [0.15, 0.2) is 17.3 Å². The number of allylic oxidation sites excluding steroid dienone is 2. The SMILES string of the molecule is C/C=C/C[C@@H](C)[C@@H](O)[C@H](CC(=O)C(C(C)C)N(C)C(=O)[C@@H](CC(=O)[C@H](CC(C)C)N(C)C(=O)[C@@H](C)NC(=O)[C@H](C)CC(=O)[C@H](CC(C)C)N(C)C(=O)[C@@H](N)C(C)C)CC(C)C)C(=O)N[C@@H](CC)C(=O)OC. The third kappa shape index (κ3) is 21.2. The molecule has 5 amide bonds. The van der Waals surface area contributed by atoms with Crippen molar-refractivity contribution in [3.05, 3.63) is 12.2 Å². The molecule has 0 aliphatic rings. The zero-order chi connectivity index (χ0) is 55.4. The summed E-state index contributed by atoms with van der Waals surface area (Å²) >= 11 is 0. The number of carbonyl (C=O) groups excluding carboxylic acids is 9. The summed E-state index contributed by atoms with van der Waals surface area (Å²) < 4.78 is 4.85. The molecule has 0 fully saturated rings. The number of nitrogens with one attached hydrogen (secondary N) is 2. The standard InChI is InChI=1S/C54H96N6O11/c1-20-22-23-35(13)48(64)39(50(66)57-40(21-2)54(70)71-19)29-45(63)47(34(11)12)60(18)52(68)38(24-30(3)4)28-44(62)42(26-32(7)8)58(16)51(67)37(15)56-49(65)36(14)27-43(61)41(25-31(5)6)59(17)53(69)46(55)33(9)10/h20,22,30-42,46-48,64H,21,23-29,55H2,1-19H3,(H,56,65)(H,57,66)/b22-20+/t35-,36-,37-,38-,39+,40+,41+,42+,46+,47?,48-/m1/s1. The molecule has 0 aromatic rings. The Kier molecular flexibility index (Phi) is 29.8. The molecule has 1 unspecified atom stereocenters. The fourth-order valence-electron chi connectivity index (χ4n) is 9.01. The number of hydrogen-bond acceptors (Lipinski definition) is 12. The van der Waals surface area contributed by atoms with E-state index in [9.17, 15) is 48.3 Å². The molecule has 0 aliphatic heterocycles. The molecular formula is C54H96N6O11. The number of nitrogens with zero attached hydrogens (tertiary/aromatic N) is 3. The van der Waals surface area contributed by atoms with Gasteiger partial charge in [-0.3, -0.25) is 38.4 Å². The maximum absolute atomic E-state index is 14.6. The van der Waals surface area contributed by atoms with Crippen LogP contribution in [0.1, 0.15) is 155 Å². The van der Waals surface area contributed by atoms with Crippen molar-refractivity contribution in [3.63, 3.8) is 0 Å². The van der Waals surface area contributed by atoms with Gasteiger partial charge in [0.25, 0.3) is 0 Å². The van der Waals surface area contributed by atoms with Gasteiger partial charge in [-0.15, -0.1) is 0 Å². The Morgan fingerprint density at radius 1 is 0.620 bits per heavy atom. The van der Waals surface area contributed by atoms with Gasteiger partial charge in [-0.1, -0.05) is 102 Å². The minimum Gasteiger partial charge on any atom is -0.467 e. The molecule has 0 saturated carbocycles. The minimum absolute atomic E-state index is 0.0484. The summed E-state index contributed by atoms with van der Waals surface area (Å²) in [6, 6.07) is -5.69. The van der Waals surface area contributed by atoms with Crippen LogP contribution in [0.25, 0.3) is 0 Å². The van der Waals surface area contributed by atoms with Crippen molar-refractivity contribution in [1.82, 2.24) is 25.3 Å². The summed E-state index contributed by atoms with van der Waals surface area (Å²) in [5, 5.41) is 16.9. The second-order valence-corrected chi connectivity index (χ2v) is 21.9. The van der Waals surface area contributed by atoms with E-state index in [0.717, 1.165) is 0 Å². The smallest absolute Gasteiger partial charge is 0.328 e. The third-order valence-electron chi connectivity index (χ3n) is 13.4. The minimum atomic E-state index is -1.28. The topological polar surface area (TPSA) is 243 Å². The normalized spacial score (nSPS) is 16.6. The quantitative estimate of drug-likeness (QED) is 0.0469. The van der Waals surface area contributed by atoms with Gasteiger partial charge in [-0.2, -0.15) is 0 Å². The highest BCUT2D eigenvalue weighted by Gasteiger charge is 2.41. The Hall–Kier alpha value is -4.51. The van der Waals surface area contributed by atoms with Crippen molar-refractivity contribution >= 4 is 52.9 Å². The number of ketones is 3. The van der Waals surface area contributed by atoms with E-state index in [2.05, 4.69) is 10.6 Å². The molecule has 0 aromatic heterocycles. The molecule has 0 rings (SSSR count).